The van der Waals surface area contributed by atoms with Gasteiger partial charge in [-0.15, -0.1) is 0 Å². The van der Waals surface area contributed by atoms with Crippen LogP contribution in [0.1, 0.15) is 11.1 Å². The smallest absolute Gasteiger partial charge is 0.279 e. The molecule has 0 aromatic heterocycles. The second-order valence-corrected chi connectivity index (χ2v) is 13.3. The van der Waals surface area contributed by atoms with E-state index in [0.29, 0.717) is 28.9 Å². The van der Waals surface area contributed by atoms with Gasteiger partial charge in [0.2, 0.25) is 11.8 Å². The SMILES string of the molecule is COc1ccc(N(C)C(=O)[C@H](Cc2ccccc2)NC2OC2NS(=O)(=O)N[C@@H](Cc2cc(F)cc(F)c2)C(=O)N(C)c2ccc(OC)cc2)cc1. The number of amides is 2. The molecule has 4 aromatic carbocycles. The predicted octanol–water partition coefficient (Wildman–Crippen LogP) is 3.53. The number of rotatable bonds is 16. The van der Waals surface area contributed by atoms with E-state index in [-0.39, 0.29) is 24.3 Å². The summed E-state index contributed by atoms with van der Waals surface area (Å²) in [4.78, 5) is 30.1. The highest BCUT2D eigenvalue weighted by Crippen LogP contribution is 2.24. The number of hydrogen-bond donors (Lipinski definition) is 3. The summed E-state index contributed by atoms with van der Waals surface area (Å²) in [6.07, 6.45) is -2.08. The van der Waals surface area contributed by atoms with E-state index < -0.39 is 52.3 Å². The zero-order valence-corrected chi connectivity index (χ0v) is 29.2. The number of benzene rings is 4. The van der Waals surface area contributed by atoms with Gasteiger partial charge in [-0.05, 0) is 84.6 Å². The number of methoxy groups -OCH3 is 2. The molecule has 1 aliphatic rings. The maximum Gasteiger partial charge on any atom is 0.279 e. The predicted molar refractivity (Wildman–Crippen MR) is 188 cm³/mol. The highest BCUT2D eigenvalue weighted by Gasteiger charge is 2.45. The van der Waals surface area contributed by atoms with Crippen LogP contribution in [0, 0.1) is 11.6 Å². The summed E-state index contributed by atoms with van der Waals surface area (Å²) in [5.41, 5.74) is 1.96. The molecule has 4 atom stereocenters. The third kappa shape index (κ3) is 10.1. The Morgan fingerprint density at radius 2 is 1.22 bits per heavy atom. The van der Waals surface area contributed by atoms with E-state index in [1.807, 2.05) is 30.3 Å². The molecule has 4 aromatic rings. The summed E-state index contributed by atoms with van der Waals surface area (Å²) in [7, 11) is 1.64. The van der Waals surface area contributed by atoms with E-state index in [1.165, 1.54) is 24.0 Å². The topological polar surface area (TPSA) is 142 Å². The zero-order chi connectivity index (χ0) is 36.7. The molecule has 2 unspecified atom stereocenters. The summed E-state index contributed by atoms with van der Waals surface area (Å²) in [6.45, 7) is 0. The van der Waals surface area contributed by atoms with Gasteiger partial charge in [0.15, 0.2) is 12.5 Å². The number of epoxide rings is 1. The van der Waals surface area contributed by atoms with Gasteiger partial charge >= 0.3 is 0 Å². The molecule has 51 heavy (non-hydrogen) atoms. The minimum atomic E-state index is -4.47. The number of likely N-dealkylation sites (N-methyl/N-ethyl adjacent to an activating group) is 2. The molecule has 0 radical (unpaired) electrons. The average Bonchev–Trinajstić information content (AvgIpc) is 3.85. The lowest BCUT2D eigenvalue weighted by atomic mass is 10.0. The number of ether oxygens (including phenoxy) is 3. The highest BCUT2D eigenvalue weighted by molar-refractivity contribution is 7.87. The van der Waals surface area contributed by atoms with Crippen LogP contribution in [-0.4, -0.2) is 73.1 Å². The molecule has 15 heteroatoms. The maximum absolute atomic E-state index is 14.1. The Kier molecular flexibility index (Phi) is 12.0. The van der Waals surface area contributed by atoms with Crippen LogP contribution >= 0.6 is 0 Å². The Bertz CT molecular complexity index is 1900. The van der Waals surface area contributed by atoms with Crippen molar-refractivity contribution in [3.05, 3.63) is 120 Å². The van der Waals surface area contributed by atoms with Gasteiger partial charge < -0.3 is 24.0 Å². The molecule has 1 heterocycles. The van der Waals surface area contributed by atoms with Gasteiger partial charge in [0.1, 0.15) is 29.2 Å². The second kappa shape index (κ2) is 16.4. The summed E-state index contributed by atoms with van der Waals surface area (Å²) in [5, 5.41) is 3.10. The van der Waals surface area contributed by atoms with Crippen LogP contribution in [0.5, 0.6) is 11.5 Å². The fraction of sp³-hybridized carbons (Fsp3) is 0.278. The van der Waals surface area contributed by atoms with Crippen molar-refractivity contribution in [2.24, 2.45) is 0 Å². The maximum atomic E-state index is 14.1. The summed E-state index contributed by atoms with van der Waals surface area (Å²) < 4.78 is 75.6. The highest BCUT2D eigenvalue weighted by atomic mass is 32.2. The molecule has 1 saturated heterocycles. The number of hydrogen-bond acceptors (Lipinski definition) is 8. The molecular weight excluding hydrogens is 684 g/mol. The standard InChI is InChI=1S/C36H39F2N5O7S/c1-42(27-10-14-29(48-3)15-11-27)35(44)31(20-23-8-6-5-7-9-23)39-33-34(50-33)41-51(46,47)40-32(21-24-18-25(37)22-26(38)19-24)36(45)43(2)28-12-16-30(49-4)17-13-28/h5-19,22,31-34,39-41H,20-21H2,1-4H3/t31-,32-,33?,34?/m0/s1. The Morgan fingerprint density at radius 1 is 0.725 bits per heavy atom. The third-order valence-corrected chi connectivity index (χ3v) is 9.38. The average molecular weight is 724 g/mol. The number of nitrogens with one attached hydrogen (secondary N) is 3. The fourth-order valence-corrected chi connectivity index (χ4v) is 6.56. The molecule has 0 saturated carbocycles. The molecule has 2 amide bonds. The lowest BCUT2D eigenvalue weighted by molar-refractivity contribution is -0.121. The van der Waals surface area contributed by atoms with Gasteiger partial charge in [0.05, 0.1) is 20.3 Å². The van der Waals surface area contributed by atoms with Crippen molar-refractivity contribution in [1.82, 2.24) is 14.8 Å². The van der Waals surface area contributed by atoms with Gasteiger partial charge in [0.25, 0.3) is 10.2 Å². The number of halogens is 2. The summed E-state index contributed by atoms with van der Waals surface area (Å²) in [6, 6.07) is 23.2. The zero-order valence-electron chi connectivity index (χ0n) is 28.4. The van der Waals surface area contributed by atoms with Gasteiger partial charge in [-0.3, -0.25) is 14.9 Å². The molecule has 3 N–H and O–H groups in total. The number of nitrogens with zero attached hydrogens (tertiary/aromatic N) is 2. The van der Waals surface area contributed by atoms with Crippen molar-refractivity contribution in [3.8, 4) is 11.5 Å². The van der Waals surface area contributed by atoms with Crippen LogP contribution in [0.25, 0.3) is 0 Å². The number of carbonyl (C=O) groups is 2. The molecular formula is C36H39F2N5O7S. The largest absolute Gasteiger partial charge is 0.497 e. The number of carbonyl (C=O) groups excluding carboxylic acids is 2. The Labute approximate surface area is 295 Å². The lowest BCUT2D eigenvalue weighted by Gasteiger charge is -2.25. The molecule has 270 valence electrons. The monoisotopic (exact) mass is 723 g/mol. The van der Waals surface area contributed by atoms with Crippen molar-refractivity contribution in [1.29, 1.82) is 0 Å². The Morgan fingerprint density at radius 3 is 1.73 bits per heavy atom. The summed E-state index contributed by atoms with van der Waals surface area (Å²) >= 11 is 0. The first-order chi connectivity index (χ1) is 24.3. The van der Waals surface area contributed by atoms with Gasteiger partial charge in [-0.25, -0.2) is 8.78 Å². The van der Waals surface area contributed by atoms with Gasteiger partial charge in [0, 0.05) is 31.5 Å². The van der Waals surface area contributed by atoms with Crippen molar-refractivity contribution in [2.45, 2.75) is 37.4 Å². The van der Waals surface area contributed by atoms with Crippen LogP contribution in [-0.2, 0) is 37.4 Å². The van der Waals surface area contributed by atoms with Gasteiger partial charge in [-0.2, -0.15) is 17.9 Å². The van der Waals surface area contributed by atoms with Crippen molar-refractivity contribution >= 4 is 33.4 Å². The van der Waals surface area contributed by atoms with Crippen molar-refractivity contribution in [3.63, 3.8) is 0 Å². The van der Waals surface area contributed by atoms with E-state index in [0.717, 1.165) is 17.7 Å². The second-order valence-electron chi connectivity index (χ2n) is 11.9. The van der Waals surface area contributed by atoms with E-state index in [9.17, 15) is 26.8 Å². The molecule has 1 aliphatic heterocycles. The van der Waals surface area contributed by atoms with Crippen molar-refractivity contribution < 1.29 is 41.0 Å². The first kappa shape index (κ1) is 37.3. The van der Waals surface area contributed by atoms with Crippen LogP contribution in [0.4, 0.5) is 20.2 Å². The molecule has 12 nitrogen and oxygen atoms in total. The first-order valence-electron chi connectivity index (χ1n) is 15.9. The van der Waals surface area contributed by atoms with E-state index in [4.69, 9.17) is 14.2 Å². The molecule has 0 spiro atoms. The van der Waals surface area contributed by atoms with E-state index >= 15 is 0 Å². The molecule has 0 bridgehead atoms. The molecule has 1 fully saturated rings. The van der Waals surface area contributed by atoms with Crippen molar-refractivity contribution in [2.75, 3.05) is 38.1 Å². The number of anilines is 2. The normalized spacial score (nSPS) is 16.5. The quantitative estimate of drug-likeness (QED) is 0.149. The third-order valence-electron chi connectivity index (χ3n) is 8.25. The first-order valence-corrected chi connectivity index (χ1v) is 17.4. The molecule has 0 aliphatic carbocycles. The lowest BCUT2D eigenvalue weighted by Crippen LogP contribution is -2.53. The van der Waals surface area contributed by atoms with E-state index in [2.05, 4.69) is 14.8 Å². The Hall–Kier alpha value is -4.93. The minimum Gasteiger partial charge on any atom is -0.497 e. The fourth-order valence-electron chi connectivity index (χ4n) is 5.45. The van der Waals surface area contributed by atoms with Crippen LogP contribution in [0.15, 0.2) is 97.1 Å². The minimum absolute atomic E-state index is 0.0575. The van der Waals surface area contributed by atoms with Crippen LogP contribution in [0.3, 0.4) is 0 Å². The summed E-state index contributed by atoms with van der Waals surface area (Å²) in [5.74, 6) is -1.57. The molecule has 5 rings (SSSR count). The van der Waals surface area contributed by atoms with E-state index in [1.54, 1.807) is 62.7 Å². The van der Waals surface area contributed by atoms with Crippen LogP contribution < -0.4 is 34.0 Å². The van der Waals surface area contributed by atoms with Crippen LogP contribution in [0.2, 0.25) is 0 Å². The van der Waals surface area contributed by atoms with Gasteiger partial charge in [-0.1, -0.05) is 30.3 Å². The Balaban J connectivity index is 1.30.